The van der Waals surface area contributed by atoms with Crippen LogP contribution in [0.4, 0.5) is 5.88 Å². The van der Waals surface area contributed by atoms with Crippen molar-refractivity contribution in [3.05, 3.63) is 51.7 Å². The molecular formula is C21H22N2O2S. The highest BCUT2D eigenvalue weighted by Gasteiger charge is 2.34. The van der Waals surface area contributed by atoms with E-state index in [-0.39, 0.29) is 5.78 Å². The molecule has 2 unspecified atom stereocenters. The van der Waals surface area contributed by atoms with Crippen molar-refractivity contribution in [2.24, 2.45) is 0 Å². The van der Waals surface area contributed by atoms with Crippen LogP contribution in [0.3, 0.4) is 0 Å². The molecule has 134 valence electrons. The number of thiophene rings is 1. The fraction of sp³-hybridized carbons (Fsp3) is 0.381. The van der Waals surface area contributed by atoms with E-state index in [2.05, 4.69) is 4.90 Å². The smallest absolute Gasteiger partial charge is 0.195 e. The molecule has 5 heteroatoms. The van der Waals surface area contributed by atoms with Gasteiger partial charge >= 0.3 is 0 Å². The van der Waals surface area contributed by atoms with Gasteiger partial charge in [0.05, 0.1) is 0 Å². The molecule has 4 nitrogen and oxygen atoms in total. The Morgan fingerprint density at radius 1 is 1.19 bits per heavy atom. The summed E-state index contributed by atoms with van der Waals surface area (Å²) in [6.45, 7) is 2.37. The first kappa shape index (κ1) is 16.1. The standard InChI is InChI=1S/C21H22N2O2S/c22-21-19(13-5-8-23-7-1-2-16(23)10-13)17-11-14(3-4-18(17)25-21)20(24)15-6-9-26-12-15/h3-4,6,9,11-13,16H,1-2,5,7-8,10,22H2. The Labute approximate surface area is 156 Å². The number of benzene rings is 1. The number of piperidine rings is 1. The van der Waals surface area contributed by atoms with Crippen LogP contribution in [0.15, 0.2) is 39.4 Å². The van der Waals surface area contributed by atoms with Crippen LogP contribution in [-0.4, -0.2) is 29.8 Å². The molecule has 0 aliphatic carbocycles. The number of nitrogen functional groups attached to an aromatic ring is 1. The van der Waals surface area contributed by atoms with Gasteiger partial charge in [-0.25, -0.2) is 0 Å². The highest BCUT2D eigenvalue weighted by atomic mass is 32.1. The fourth-order valence-corrected chi connectivity index (χ4v) is 5.38. The largest absolute Gasteiger partial charge is 0.441 e. The lowest BCUT2D eigenvalue weighted by Gasteiger charge is -2.34. The van der Waals surface area contributed by atoms with E-state index in [0.717, 1.165) is 41.5 Å². The molecule has 0 bridgehead atoms. The van der Waals surface area contributed by atoms with Crippen LogP contribution in [0.5, 0.6) is 0 Å². The van der Waals surface area contributed by atoms with E-state index >= 15 is 0 Å². The molecule has 2 saturated heterocycles. The average Bonchev–Trinajstić information content (AvgIpc) is 3.38. The molecular weight excluding hydrogens is 344 g/mol. The second-order valence-corrected chi connectivity index (χ2v) is 8.27. The van der Waals surface area contributed by atoms with Crippen molar-refractivity contribution < 1.29 is 9.21 Å². The summed E-state index contributed by atoms with van der Waals surface area (Å²) >= 11 is 1.54. The van der Waals surface area contributed by atoms with Crippen LogP contribution >= 0.6 is 11.3 Å². The highest BCUT2D eigenvalue weighted by molar-refractivity contribution is 7.08. The van der Waals surface area contributed by atoms with E-state index in [1.165, 1.54) is 19.4 Å². The molecule has 0 radical (unpaired) electrons. The van der Waals surface area contributed by atoms with E-state index in [0.29, 0.717) is 23.4 Å². The first-order valence-electron chi connectivity index (χ1n) is 9.33. The Morgan fingerprint density at radius 3 is 2.96 bits per heavy atom. The molecule has 2 aliphatic heterocycles. The molecule has 2 N–H and O–H groups in total. The summed E-state index contributed by atoms with van der Waals surface area (Å²) < 4.78 is 5.84. The molecule has 26 heavy (non-hydrogen) atoms. The van der Waals surface area contributed by atoms with E-state index in [9.17, 15) is 4.79 Å². The third kappa shape index (κ3) is 2.58. The number of rotatable bonds is 3. The summed E-state index contributed by atoms with van der Waals surface area (Å²) in [5.41, 5.74) is 9.63. The molecule has 2 fully saturated rings. The van der Waals surface area contributed by atoms with Crippen molar-refractivity contribution >= 4 is 34.0 Å². The zero-order chi connectivity index (χ0) is 17.7. The van der Waals surface area contributed by atoms with Gasteiger partial charge in [-0.15, -0.1) is 0 Å². The van der Waals surface area contributed by atoms with Crippen LogP contribution in [-0.2, 0) is 0 Å². The number of hydrogen-bond acceptors (Lipinski definition) is 5. The number of fused-ring (bicyclic) bond motifs is 2. The Balaban J connectivity index is 1.53. The van der Waals surface area contributed by atoms with Gasteiger partial charge in [0.25, 0.3) is 0 Å². The number of furan rings is 1. The van der Waals surface area contributed by atoms with Gasteiger partial charge in [-0.2, -0.15) is 11.3 Å². The predicted molar refractivity (Wildman–Crippen MR) is 105 cm³/mol. The third-order valence-electron chi connectivity index (χ3n) is 6.03. The predicted octanol–water partition coefficient (Wildman–Crippen LogP) is 4.65. The zero-order valence-corrected chi connectivity index (χ0v) is 15.4. The van der Waals surface area contributed by atoms with Gasteiger partial charge in [-0.05, 0) is 74.3 Å². The van der Waals surface area contributed by atoms with E-state index in [1.54, 1.807) is 11.3 Å². The number of anilines is 1. The average molecular weight is 366 g/mol. The van der Waals surface area contributed by atoms with Crippen molar-refractivity contribution in [3.8, 4) is 0 Å². The maximum Gasteiger partial charge on any atom is 0.195 e. The normalized spacial score (nSPS) is 23.4. The van der Waals surface area contributed by atoms with Gasteiger partial charge in [0, 0.05) is 33.5 Å². The number of carbonyl (C=O) groups excluding carboxylic acids is 1. The third-order valence-corrected chi connectivity index (χ3v) is 6.71. The second-order valence-electron chi connectivity index (χ2n) is 7.49. The summed E-state index contributed by atoms with van der Waals surface area (Å²) in [7, 11) is 0. The van der Waals surface area contributed by atoms with Gasteiger partial charge in [-0.1, -0.05) is 0 Å². The van der Waals surface area contributed by atoms with Crippen molar-refractivity contribution in [1.29, 1.82) is 0 Å². The molecule has 2 aliphatic rings. The number of hydrogen-bond donors (Lipinski definition) is 1. The summed E-state index contributed by atoms with van der Waals surface area (Å²) in [6.07, 6.45) is 4.84. The molecule has 1 aromatic carbocycles. The minimum absolute atomic E-state index is 0.0597. The molecule has 0 spiro atoms. The summed E-state index contributed by atoms with van der Waals surface area (Å²) in [5, 5.41) is 4.84. The molecule has 5 rings (SSSR count). The van der Waals surface area contributed by atoms with Crippen molar-refractivity contribution in [3.63, 3.8) is 0 Å². The quantitative estimate of drug-likeness (QED) is 0.686. The van der Waals surface area contributed by atoms with Gasteiger partial charge in [0.2, 0.25) is 0 Å². The molecule has 0 amide bonds. The molecule has 2 atom stereocenters. The minimum Gasteiger partial charge on any atom is -0.441 e. The lowest BCUT2D eigenvalue weighted by Crippen LogP contribution is -2.37. The minimum atomic E-state index is 0.0597. The Bertz CT molecular complexity index is 960. The number of ketones is 1. The molecule has 0 saturated carbocycles. The van der Waals surface area contributed by atoms with Crippen molar-refractivity contribution in [1.82, 2.24) is 4.90 Å². The Hall–Kier alpha value is -2.11. The molecule has 4 heterocycles. The Morgan fingerprint density at radius 2 is 2.12 bits per heavy atom. The van der Waals surface area contributed by atoms with Crippen LogP contribution in [0.2, 0.25) is 0 Å². The van der Waals surface area contributed by atoms with Gasteiger partial charge in [0.1, 0.15) is 5.58 Å². The number of nitrogens with two attached hydrogens (primary N) is 1. The number of nitrogens with zero attached hydrogens (tertiary/aromatic N) is 1. The summed E-state index contributed by atoms with van der Waals surface area (Å²) in [5.74, 6) is 1.00. The molecule has 2 aromatic heterocycles. The van der Waals surface area contributed by atoms with Crippen LogP contribution in [0, 0.1) is 0 Å². The van der Waals surface area contributed by atoms with E-state index in [4.69, 9.17) is 10.2 Å². The zero-order valence-electron chi connectivity index (χ0n) is 14.6. The lowest BCUT2D eigenvalue weighted by molar-refractivity contribution is 0.103. The fourth-order valence-electron chi connectivity index (χ4n) is 4.74. The van der Waals surface area contributed by atoms with Crippen LogP contribution < -0.4 is 5.73 Å². The highest BCUT2D eigenvalue weighted by Crippen LogP contribution is 2.43. The summed E-state index contributed by atoms with van der Waals surface area (Å²) in [4.78, 5) is 15.3. The Kier molecular flexibility index (Phi) is 3.87. The maximum absolute atomic E-state index is 12.7. The van der Waals surface area contributed by atoms with E-state index < -0.39 is 0 Å². The topological polar surface area (TPSA) is 59.5 Å². The first-order valence-corrected chi connectivity index (χ1v) is 10.3. The van der Waals surface area contributed by atoms with Crippen LogP contribution in [0.25, 0.3) is 11.0 Å². The van der Waals surface area contributed by atoms with Crippen molar-refractivity contribution in [2.75, 3.05) is 18.8 Å². The monoisotopic (exact) mass is 366 g/mol. The summed E-state index contributed by atoms with van der Waals surface area (Å²) in [6, 6.07) is 8.26. The van der Waals surface area contributed by atoms with Crippen molar-refractivity contribution in [2.45, 2.75) is 37.6 Å². The number of carbonyl (C=O) groups is 1. The van der Waals surface area contributed by atoms with Gasteiger partial charge in [0.15, 0.2) is 11.7 Å². The second kappa shape index (κ2) is 6.25. The SMILES string of the molecule is Nc1oc2ccc(C(=O)c3ccsc3)cc2c1C1CCN2CCCC2C1. The van der Waals surface area contributed by atoms with Crippen LogP contribution in [0.1, 0.15) is 53.1 Å². The molecule has 3 aromatic rings. The lowest BCUT2D eigenvalue weighted by atomic mass is 9.84. The van der Waals surface area contributed by atoms with Gasteiger partial charge in [-0.3, -0.25) is 4.79 Å². The van der Waals surface area contributed by atoms with Gasteiger partial charge < -0.3 is 15.1 Å². The van der Waals surface area contributed by atoms with E-state index in [1.807, 2.05) is 35.0 Å². The maximum atomic E-state index is 12.7. The first-order chi connectivity index (χ1) is 12.7.